The zero-order valence-corrected chi connectivity index (χ0v) is 12.5. The smallest absolute Gasteiger partial charge is 0.317 e. The number of amides is 1. The molecule has 0 aromatic heterocycles. The molecule has 0 unspecified atom stereocenters. The van der Waals surface area contributed by atoms with Gasteiger partial charge in [0.2, 0.25) is 0 Å². The Morgan fingerprint density at radius 2 is 1.90 bits per heavy atom. The standard InChI is InChI=1S/C13H16BrN3O3/c14-9-1-2-11(10(7-9)13(15)20)17-5-3-16(4-6-17)8-12(18)19/h1-2,7H,3-6,8H2,(H2,15,20)(H,18,19). The quantitative estimate of drug-likeness (QED) is 0.844. The number of carbonyl (C=O) groups excluding carboxylic acids is 1. The number of hydrogen-bond donors (Lipinski definition) is 2. The second-order valence-electron chi connectivity index (χ2n) is 4.68. The third kappa shape index (κ3) is 3.49. The molecule has 1 aromatic carbocycles. The number of rotatable bonds is 4. The molecular formula is C13H16BrN3O3. The van der Waals surface area contributed by atoms with Crippen LogP contribution in [-0.4, -0.2) is 54.6 Å². The number of carboxylic acids is 1. The summed E-state index contributed by atoms with van der Waals surface area (Å²) in [5, 5.41) is 8.77. The van der Waals surface area contributed by atoms with Gasteiger partial charge in [0, 0.05) is 36.3 Å². The van der Waals surface area contributed by atoms with Crippen molar-refractivity contribution in [1.29, 1.82) is 0 Å². The molecule has 1 fully saturated rings. The largest absolute Gasteiger partial charge is 0.480 e. The molecule has 6 nitrogen and oxygen atoms in total. The minimum atomic E-state index is -0.820. The highest BCUT2D eigenvalue weighted by Gasteiger charge is 2.21. The summed E-state index contributed by atoms with van der Waals surface area (Å²) in [5.41, 5.74) is 6.69. The van der Waals surface area contributed by atoms with Crippen molar-refractivity contribution in [3.8, 4) is 0 Å². The maximum Gasteiger partial charge on any atom is 0.317 e. The van der Waals surface area contributed by atoms with Crippen molar-refractivity contribution in [1.82, 2.24) is 4.90 Å². The van der Waals surface area contributed by atoms with Gasteiger partial charge in [-0.2, -0.15) is 0 Å². The summed E-state index contributed by atoms with van der Waals surface area (Å²) in [6.45, 7) is 2.71. The summed E-state index contributed by atoms with van der Waals surface area (Å²) in [6, 6.07) is 5.43. The first-order valence-corrected chi connectivity index (χ1v) is 7.05. The van der Waals surface area contributed by atoms with E-state index in [4.69, 9.17) is 10.8 Å². The topological polar surface area (TPSA) is 86.9 Å². The van der Waals surface area contributed by atoms with Gasteiger partial charge in [-0.1, -0.05) is 15.9 Å². The van der Waals surface area contributed by atoms with Crippen LogP contribution in [0, 0.1) is 0 Å². The number of nitrogens with two attached hydrogens (primary N) is 1. The van der Waals surface area contributed by atoms with Crippen LogP contribution in [0.1, 0.15) is 10.4 Å². The van der Waals surface area contributed by atoms with E-state index in [-0.39, 0.29) is 6.54 Å². The van der Waals surface area contributed by atoms with Crippen LogP contribution < -0.4 is 10.6 Å². The Bertz CT molecular complexity index is 528. The predicted molar refractivity (Wildman–Crippen MR) is 78.9 cm³/mol. The lowest BCUT2D eigenvalue weighted by Gasteiger charge is -2.36. The fraction of sp³-hybridized carbons (Fsp3) is 0.385. The number of piperazine rings is 1. The second kappa shape index (κ2) is 6.23. The van der Waals surface area contributed by atoms with Crippen LogP contribution in [0.15, 0.2) is 22.7 Å². The molecule has 1 amide bonds. The maximum absolute atomic E-state index is 11.5. The highest BCUT2D eigenvalue weighted by molar-refractivity contribution is 9.10. The SMILES string of the molecule is NC(=O)c1cc(Br)ccc1N1CCN(CC(=O)O)CC1. The number of benzene rings is 1. The Morgan fingerprint density at radius 1 is 1.25 bits per heavy atom. The van der Waals surface area contributed by atoms with Gasteiger partial charge in [-0.15, -0.1) is 0 Å². The van der Waals surface area contributed by atoms with Crippen LogP contribution in [0.5, 0.6) is 0 Å². The van der Waals surface area contributed by atoms with Crippen molar-refractivity contribution in [3.63, 3.8) is 0 Å². The van der Waals surface area contributed by atoms with E-state index in [9.17, 15) is 9.59 Å². The van der Waals surface area contributed by atoms with Gasteiger partial charge in [-0.25, -0.2) is 0 Å². The average molecular weight is 342 g/mol. The van der Waals surface area contributed by atoms with E-state index in [1.807, 2.05) is 17.0 Å². The van der Waals surface area contributed by atoms with Gasteiger partial charge in [0.15, 0.2) is 0 Å². The molecule has 1 aliphatic rings. The second-order valence-corrected chi connectivity index (χ2v) is 5.60. The number of nitrogens with zero attached hydrogens (tertiary/aromatic N) is 2. The lowest BCUT2D eigenvalue weighted by Crippen LogP contribution is -2.48. The number of aliphatic carboxylic acids is 1. The van der Waals surface area contributed by atoms with Gasteiger partial charge in [0.25, 0.3) is 5.91 Å². The highest BCUT2D eigenvalue weighted by Crippen LogP contribution is 2.25. The van der Waals surface area contributed by atoms with Crippen LogP contribution in [-0.2, 0) is 4.79 Å². The molecule has 108 valence electrons. The molecule has 0 bridgehead atoms. The van der Waals surface area contributed by atoms with Crippen molar-refractivity contribution in [3.05, 3.63) is 28.2 Å². The van der Waals surface area contributed by atoms with Gasteiger partial charge in [-0.05, 0) is 18.2 Å². The van der Waals surface area contributed by atoms with E-state index in [2.05, 4.69) is 20.8 Å². The summed E-state index contributed by atoms with van der Waals surface area (Å²) in [7, 11) is 0. The average Bonchev–Trinajstić information content (AvgIpc) is 2.39. The minimum absolute atomic E-state index is 0.0524. The molecule has 1 aromatic rings. The molecule has 3 N–H and O–H groups in total. The first-order valence-electron chi connectivity index (χ1n) is 6.26. The molecule has 0 atom stereocenters. The van der Waals surface area contributed by atoms with Crippen LogP contribution in [0.25, 0.3) is 0 Å². The molecule has 1 saturated heterocycles. The third-order valence-electron chi connectivity index (χ3n) is 3.30. The Hall–Kier alpha value is -1.60. The molecule has 20 heavy (non-hydrogen) atoms. The monoisotopic (exact) mass is 341 g/mol. The minimum Gasteiger partial charge on any atom is -0.480 e. The van der Waals surface area contributed by atoms with Crippen LogP contribution in [0.4, 0.5) is 5.69 Å². The zero-order valence-electron chi connectivity index (χ0n) is 10.9. The Balaban J connectivity index is 2.11. The maximum atomic E-state index is 11.5. The summed E-state index contributed by atoms with van der Waals surface area (Å²) >= 11 is 3.33. The van der Waals surface area contributed by atoms with Gasteiger partial charge < -0.3 is 15.7 Å². The van der Waals surface area contributed by atoms with Gasteiger partial charge in [0.1, 0.15) is 0 Å². The van der Waals surface area contributed by atoms with Crippen molar-refractivity contribution in [2.24, 2.45) is 5.73 Å². The van der Waals surface area contributed by atoms with E-state index in [0.717, 1.165) is 10.2 Å². The number of hydrogen-bond acceptors (Lipinski definition) is 4. The van der Waals surface area contributed by atoms with Crippen LogP contribution in [0.3, 0.4) is 0 Å². The van der Waals surface area contributed by atoms with E-state index in [1.165, 1.54) is 0 Å². The van der Waals surface area contributed by atoms with Crippen LogP contribution >= 0.6 is 15.9 Å². The third-order valence-corrected chi connectivity index (χ3v) is 3.79. The normalized spacial score (nSPS) is 16.1. The lowest BCUT2D eigenvalue weighted by atomic mass is 10.1. The Morgan fingerprint density at radius 3 is 2.45 bits per heavy atom. The van der Waals surface area contributed by atoms with E-state index in [0.29, 0.717) is 31.7 Å². The Labute approximate surface area is 125 Å². The molecule has 0 radical (unpaired) electrons. The Kier molecular flexibility index (Phi) is 4.61. The number of carboxylic acid groups (broad SMARTS) is 1. The van der Waals surface area contributed by atoms with E-state index >= 15 is 0 Å². The van der Waals surface area contributed by atoms with Crippen molar-refractivity contribution >= 4 is 33.5 Å². The molecule has 0 saturated carbocycles. The first kappa shape index (κ1) is 14.8. The molecular weight excluding hydrogens is 326 g/mol. The molecule has 0 spiro atoms. The summed E-state index contributed by atoms with van der Waals surface area (Å²) < 4.78 is 0.805. The molecule has 1 heterocycles. The number of primary amides is 1. The van der Waals surface area contributed by atoms with Crippen molar-refractivity contribution < 1.29 is 14.7 Å². The van der Waals surface area contributed by atoms with Gasteiger partial charge in [0.05, 0.1) is 12.1 Å². The fourth-order valence-corrected chi connectivity index (χ4v) is 2.68. The molecule has 2 rings (SSSR count). The molecule has 0 aliphatic carbocycles. The summed E-state index contributed by atoms with van der Waals surface area (Å²) in [4.78, 5) is 26.1. The summed E-state index contributed by atoms with van der Waals surface area (Å²) in [6.07, 6.45) is 0. The van der Waals surface area contributed by atoms with E-state index < -0.39 is 11.9 Å². The lowest BCUT2D eigenvalue weighted by molar-refractivity contribution is -0.138. The van der Waals surface area contributed by atoms with Gasteiger partial charge in [-0.3, -0.25) is 14.5 Å². The fourth-order valence-electron chi connectivity index (χ4n) is 2.32. The first-order chi connectivity index (χ1) is 9.47. The number of carbonyl (C=O) groups is 2. The number of halogens is 1. The molecule has 7 heteroatoms. The van der Waals surface area contributed by atoms with Crippen molar-refractivity contribution in [2.75, 3.05) is 37.6 Å². The zero-order chi connectivity index (χ0) is 14.7. The predicted octanol–water partition coefficient (Wildman–Crippen LogP) is 0.755. The van der Waals surface area contributed by atoms with E-state index in [1.54, 1.807) is 6.07 Å². The molecule has 1 aliphatic heterocycles. The van der Waals surface area contributed by atoms with Crippen molar-refractivity contribution in [2.45, 2.75) is 0 Å². The van der Waals surface area contributed by atoms with Gasteiger partial charge >= 0.3 is 5.97 Å². The summed E-state index contributed by atoms with van der Waals surface area (Å²) in [5.74, 6) is -1.28. The highest BCUT2D eigenvalue weighted by atomic mass is 79.9. The van der Waals surface area contributed by atoms with Crippen LogP contribution in [0.2, 0.25) is 0 Å². The number of anilines is 1.